The van der Waals surface area contributed by atoms with Crippen molar-refractivity contribution in [2.75, 3.05) is 33.8 Å². The van der Waals surface area contributed by atoms with Crippen molar-refractivity contribution in [3.63, 3.8) is 0 Å². The smallest absolute Gasteiger partial charge is 0.248 e. The minimum absolute atomic E-state index is 0.00196. The number of carbonyl (C=O) groups is 2. The molecule has 1 aliphatic heterocycles. The number of likely N-dealkylation sites (tertiary alicyclic amines) is 1. The summed E-state index contributed by atoms with van der Waals surface area (Å²) < 4.78 is 11.1. The zero-order valence-corrected chi connectivity index (χ0v) is 18.3. The molecule has 1 aromatic heterocycles. The molecule has 2 fully saturated rings. The van der Waals surface area contributed by atoms with E-state index in [2.05, 4.69) is 5.16 Å². The molecule has 0 spiro atoms. The van der Waals surface area contributed by atoms with Crippen LogP contribution in [0.2, 0.25) is 0 Å². The summed E-state index contributed by atoms with van der Waals surface area (Å²) in [6, 6.07) is 2.03. The van der Waals surface area contributed by atoms with Gasteiger partial charge >= 0.3 is 0 Å². The summed E-state index contributed by atoms with van der Waals surface area (Å²) in [4.78, 5) is 29.0. The Labute approximate surface area is 173 Å². The Morgan fingerprint density at radius 2 is 2.03 bits per heavy atom. The van der Waals surface area contributed by atoms with Crippen molar-refractivity contribution >= 4 is 11.8 Å². The van der Waals surface area contributed by atoms with Crippen LogP contribution in [0.3, 0.4) is 0 Å². The third-order valence-corrected chi connectivity index (χ3v) is 6.22. The monoisotopic (exact) mass is 405 g/mol. The van der Waals surface area contributed by atoms with Crippen LogP contribution in [0.1, 0.15) is 69.7 Å². The maximum Gasteiger partial charge on any atom is 0.248 e. The molecule has 0 radical (unpaired) electrons. The number of aromatic nitrogens is 1. The minimum atomic E-state index is -0.666. The zero-order chi connectivity index (χ0) is 21.0. The minimum Gasteiger partial charge on any atom is -0.369 e. The lowest BCUT2D eigenvalue weighted by Crippen LogP contribution is -2.45. The molecule has 1 saturated heterocycles. The van der Waals surface area contributed by atoms with E-state index in [9.17, 15) is 9.59 Å². The van der Waals surface area contributed by atoms with Crippen LogP contribution in [0.25, 0.3) is 0 Å². The molecule has 0 N–H and O–H groups in total. The second-order valence-electron chi connectivity index (χ2n) is 9.13. The van der Waals surface area contributed by atoms with Gasteiger partial charge in [-0.2, -0.15) is 0 Å². The topological polar surface area (TPSA) is 75.9 Å². The van der Waals surface area contributed by atoms with Crippen LogP contribution in [0.15, 0.2) is 10.6 Å². The molecule has 0 aromatic carbocycles. The Morgan fingerprint density at radius 3 is 2.69 bits per heavy atom. The molecule has 2 amide bonds. The molecule has 1 aliphatic carbocycles. The lowest BCUT2D eigenvalue weighted by molar-refractivity contribution is -0.141. The van der Waals surface area contributed by atoms with E-state index in [1.54, 1.807) is 23.9 Å². The van der Waals surface area contributed by atoms with Crippen molar-refractivity contribution in [3.8, 4) is 0 Å². The molecule has 7 heteroatoms. The second kappa shape index (κ2) is 9.28. The van der Waals surface area contributed by atoms with E-state index in [1.807, 2.05) is 19.9 Å². The van der Waals surface area contributed by atoms with Gasteiger partial charge in [-0.3, -0.25) is 9.59 Å². The lowest BCUT2D eigenvalue weighted by atomic mass is 9.80. The van der Waals surface area contributed by atoms with Gasteiger partial charge in [0, 0.05) is 45.6 Å². The Bertz CT molecular complexity index is 709. The Morgan fingerprint density at radius 1 is 1.31 bits per heavy atom. The van der Waals surface area contributed by atoms with E-state index in [1.165, 1.54) is 19.3 Å². The molecular formula is C22H35N3O4. The van der Waals surface area contributed by atoms with E-state index < -0.39 is 5.41 Å². The summed E-state index contributed by atoms with van der Waals surface area (Å²) in [6.45, 7) is 4.82. The first-order valence-electron chi connectivity index (χ1n) is 10.9. The van der Waals surface area contributed by atoms with Crippen molar-refractivity contribution < 1.29 is 18.8 Å². The van der Waals surface area contributed by atoms with E-state index in [0.29, 0.717) is 31.8 Å². The van der Waals surface area contributed by atoms with E-state index in [0.717, 1.165) is 24.3 Å². The van der Waals surface area contributed by atoms with Crippen LogP contribution in [0, 0.1) is 5.41 Å². The maximum atomic E-state index is 13.1. The van der Waals surface area contributed by atoms with Gasteiger partial charge in [-0.1, -0.05) is 24.4 Å². The number of ether oxygens (including phenoxy) is 1. The molecular weight excluding hydrogens is 370 g/mol. The maximum absolute atomic E-state index is 13.1. The zero-order valence-electron chi connectivity index (χ0n) is 18.3. The summed E-state index contributed by atoms with van der Waals surface area (Å²) in [6.07, 6.45) is 7.19. The average molecular weight is 406 g/mol. The number of hydrogen-bond donors (Lipinski definition) is 0. The van der Waals surface area contributed by atoms with Gasteiger partial charge in [0.25, 0.3) is 0 Å². The van der Waals surface area contributed by atoms with Crippen molar-refractivity contribution in [1.29, 1.82) is 0 Å². The second-order valence-corrected chi connectivity index (χ2v) is 9.13. The fourth-order valence-corrected chi connectivity index (χ4v) is 4.62. The van der Waals surface area contributed by atoms with Crippen LogP contribution in [-0.2, 0) is 20.7 Å². The molecule has 0 unspecified atom stereocenters. The van der Waals surface area contributed by atoms with E-state index in [-0.39, 0.29) is 24.5 Å². The van der Waals surface area contributed by atoms with Gasteiger partial charge in [0.2, 0.25) is 11.8 Å². The van der Waals surface area contributed by atoms with Gasteiger partial charge in [0.1, 0.15) is 12.4 Å². The van der Waals surface area contributed by atoms with Crippen molar-refractivity contribution in [1.82, 2.24) is 15.0 Å². The highest BCUT2D eigenvalue weighted by molar-refractivity contribution is 5.85. The Balaban J connectivity index is 1.72. The molecule has 1 saturated carbocycles. The van der Waals surface area contributed by atoms with Crippen LogP contribution in [0.5, 0.6) is 0 Å². The molecule has 29 heavy (non-hydrogen) atoms. The number of carbonyl (C=O) groups excluding carboxylic acids is 2. The summed E-state index contributed by atoms with van der Waals surface area (Å²) >= 11 is 0. The molecule has 2 aliphatic rings. The summed E-state index contributed by atoms with van der Waals surface area (Å²) in [5.74, 6) is 1.19. The Kier molecular flexibility index (Phi) is 6.98. The molecule has 7 nitrogen and oxygen atoms in total. The SMILES string of the molecule is CC(C)OCC(=O)N1CC[C@@](Cc2cc(C3CCCCC3)no2)(C(=O)N(C)C)C1. The summed E-state index contributed by atoms with van der Waals surface area (Å²) in [5.41, 5.74) is 0.351. The molecule has 3 rings (SSSR count). The summed E-state index contributed by atoms with van der Waals surface area (Å²) in [7, 11) is 3.54. The highest BCUT2D eigenvalue weighted by Crippen LogP contribution is 2.38. The van der Waals surface area contributed by atoms with Gasteiger partial charge in [-0.15, -0.1) is 0 Å². The van der Waals surface area contributed by atoms with E-state index in [4.69, 9.17) is 9.26 Å². The highest BCUT2D eigenvalue weighted by Gasteiger charge is 2.47. The molecule has 1 aromatic rings. The number of rotatable bonds is 7. The third kappa shape index (κ3) is 5.18. The van der Waals surface area contributed by atoms with E-state index >= 15 is 0 Å². The lowest BCUT2D eigenvalue weighted by Gasteiger charge is -2.30. The van der Waals surface area contributed by atoms with Crippen LogP contribution in [-0.4, -0.2) is 66.7 Å². The molecule has 2 heterocycles. The largest absolute Gasteiger partial charge is 0.369 e. The Hall–Kier alpha value is -1.89. The number of nitrogens with zero attached hydrogens (tertiary/aromatic N) is 3. The highest BCUT2D eigenvalue weighted by atomic mass is 16.5. The van der Waals surface area contributed by atoms with Crippen LogP contribution in [0.4, 0.5) is 0 Å². The standard InChI is InChI=1S/C22H35N3O4/c1-16(2)28-14-20(26)25-11-10-22(15-25,21(27)24(3)4)13-18-12-19(23-29-18)17-8-6-5-7-9-17/h12,16-17H,5-11,13-15H2,1-4H3/t22-/m0/s1. The number of hydrogen-bond acceptors (Lipinski definition) is 5. The quantitative estimate of drug-likeness (QED) is 0.697. The van der Waals surface area contributed by atoms with Gasteiger partial charge in [0.05, 0.1) is 17.2 Å². The first-order chi connectivity index (χ1) is 13.8. The fraction of sp³-hybridized carbons (Fsp3) is 0.773. The van der Waals surface area contributed by atoms with Gasteiger partial charge in [0.15, 0.2) is 0 Å². The molecule has 1 atom stereocenters. The number of amides is 2. The van der Waals surface area contributed by atoms with Crippen molar-refractivity contribution in [3.05, 3.63) is 17.5 Å². The van der Waals surface area contributed by atoms with Gasteiger partial charge < -0.3 is 19.1 Å². The predicted molar refractivity (Wildman–Crippen MR) is 109 cm³/mol. The first-order valence-corrected chi connectivity index (χ1v) is 10.9. The average Bonchev–Trinajstić information content (AvgIpc) is 3.34. The molecule has 162 valence electrons. The van der Waals surface area contributed by atoms with Crippen LogP contribution < -0.4 is 0 Å². The fourth-order valence-electron chi connectivity index (χ4n) is 4.62. The first kappa shape index (κ1) is 21.8. The van der Waals surface area contributed by atoms with Gasteiger partial charge in [-0.25, -0.2) is 0 Å². The van der Waals surface area contributed by atoms with Crippen molar-refractivity contribution in [2.24, 2.45) is 5.41 Å². The van der Waals surface area contributed by atoms with Crippen LogP contribution >= 0.6 is 0 Å². The van der Waals surface area contributed by atoms with Crippen molar-refractivity contribution in [2.45, 2.75) is 70.8 Å². The molecule has 0 bridgehead atoms. The summed E-state index contributed by atoms with van der Waals surface area (Å²) in [5, 5.41) is 4.32. The van der Waals surface area contributed by atoms with Gasteiger partial charge in [-0.05, 0) is 33.1 Å². The normalized spacial score (nSPS) is 23.0. The predicted octanol–water partition coefficient (Wildman–Crippen LogP) is 3.00. The third-order valence-electron chi connectivity index (χ3n) is 6.22.